The van der Waals surface area contributed by atoms with Crippen LogP contribution in [0, 0.1) is 11.6 Å². The third kappa shape index (κ3) is 2.85. The fourth-order valence-electron chi connectivity index (χ4n) is 1.54. The number of rotatable bonds is 5. The lowest BCUT2D eigenvalue weighted by Gasteiger charge is -2.14. The van der Waals surface area contributed by atoms with Gasteiger partial charge in [-0.25, -0.2) is 8.78 Å². The van der Waals surface area contributed by atoms with Gasteiger partial charge >= 0.3 is 0 Å². The summed E-state index contributed by atoms with van der Waals surface area (Å²) >= 11 is 0. The van der Waals surface area contributed by atoms with Crippen LogP contribution >= 0.6 is 0 Å². The van der Waals surface area contributed by atoms with Crippen molar-refractivity contribution >= 4 is 5.78 Å². The summed E-state index contributed by atoms with van der Waals surface area (Å²) in [5.74, 6) is -1.68. The first-order chi connectivity index (χ1) is 7.60. The number of ketones is 1. The molecule has 1 rings (SSSR count). The zero-order chi connectivity index (χ0) is 12.1. The number of Topliss-reactive ketones (excluding diaryl/α,β-unsaturated/α-hetero) is 1. The van der Waals surface area contributed by atoms with Crippen molar-refractivity contribution in [2.45, 2.75) is 26.3 Å². The highest BCUT2D eigenvalue weighted by molar-refractivity contribution is 6.00. The highest BCUT2D eigenvalue weighted by atomic mass is 19.1. The average molecular weight is 227 g/mol. The monoisotopic (exact) mass is 227 g/mol. The lowest BCUT2D eigenvalue weighted by atomic mass is 10.0. The molecule has 0 heterocycles. The largest absolute Gasteiger partial charge is 0.307 e. The minimum atomic E-state index is -0.678. The number of nitrogens with one attached hydrogen (secondary N) is 1. The Morgan fingerprint density at radius 2 is 2.06 bits per heavy atom. The lowest BCUT2D eigenvalue weighted by Crippen LogP contribution is -2.36. The van der Waals surface area contributed by atoms with Crippen LogP contribution in [0.3, 0.4) is 0 Å². The minimum Gasteiger partial charge on any atom is -0.307 e. The Morgan fingerprint density at radius 1 is 1.38 bits per heavy atom. The van der Waals surface area contributed by atoms with Crippen molar-refractivity contribution < 1.29 is 13.6 Å². The van der Waals surface area contributed by atoms with E-state index in [9.17, 15) is 13.6 Å². The Morgan fingerprint density at radius 3 is 2.62 bits per heavy atom. The molecule has 0 aromatic heterocycles. The predicted octanol–water partition coefficient (Wildman–Crippen LogP) is 2.54. The molecule has 1 N–H and O–H groups in total. The molecule has 1 aromatic carbocycles. The maximum absolute atomic E-state index is 13.3. The number of halogens is 2. The van der Waals surface area contributed by atoms with Crippen molar-refractivity contribution in [3.05, 3.63) is 35.4 Å². The number of hydrogen-bond donors (Lipinski definition) is 1. The fraction of sp³-hybridized carbons (Fsp3) is 0.417. The van der Waals surface area contributed by atoms with Crippen LogP contribution in [-0.4, -0.2) is 18.4 Å². The molecule has 0 saturated carbocycles. The van der Waals surface area contributed by atoms with Gasteiger partial charge in [0.05, 0.1) is 11.6 Å². The number of likely N-dealkylation sites (N-methyl/N-ethyl adjacent to an activating group) is 1. The smallest absolute Gasteiger partial charge is 0.182 e. The van der Waals surface area contributed by atoms with Crippen LogP contribution in [0.2, 0.25) is 0 Å². The van der Waals surface area contributed by atoms with Gasteiger partial charge in [-0.15, -0.1) is 0 Å². The van der Waals surface area contributed by atoms with Gasteiger partial charge in [0, 0.05) is 0 Å². The molecule has 2 nitrogen and oxygen atoms in total. The first-order valence-corrected chi connectivity index (χ1v) is 5.32. The van der Waals surface area contributed by atoms with Gasteiger partial charge in [0.2, 0.25) is 0 Å². The third-order valence-corrected chi connectivity index (χ3v) is 2.37. The van der Waals surface area contributed by atoms with E-state index in [-0.39, 0.29) is 5.56 Å². The van der Waals surface area contributed by atoms with E-state index < -0.39 is 23.5 Å². The molecule has 0 spiro atoms. The molecule has 0 amide bonds. The predicted molar refractivity (Wildman–Crippen MR) is 58.4 cm³/mol. The Labute approximate surface area is 93.7 Å². The van der Waals surface area contributed by atoms with Gasteiger partial charge < -0.3 is 5.32 Å². The number of benzene rings is 1. The molecule has 1 aromatic rings. The molecule has 0 saturated heterocycles. The van der Waals surface area contributed by atoms with E-state index in [0.29, 0.717) is 13.0 Å². The Kier molecular flexibility index (Phi) is 4.55. The maximum Gasteiger partial charge on any atom is 0.182 e. The van der Waals surface area contributed by atoms with Crippen molar-refractivity contribution in [2.75, 3.05) is 6.54 Å². The number of carbonyl (C=O) groups excluding carboxylic acids is 1. The van der Waals surface area contributed by atoms with Crippen LogP contribution < -0.4 is 5.32 Å². The SMILES string of the molecule is CCNC(CC)C(=O)c1cc(F)ccc1F. The van der Waals surface area contributed by atoms with Gasteiger partial charge in [0.15, 0.2) is 5.78 Å². The van der Waals surface area contributed by atoms with E-state index in [1.54, 1.807) is 0 Å². The summed E-state index contributed by atoms with van der Waals surface area (Å²) in [6.45, 7) is 4.29. The van der Waals surface area contributed by atoms with E-state index in [4.69, 9.17) is 0 Å². The van der Waals surface area contributed by atoms with Crippen LogP contribution in [0.4, 0.5) is 8.78 Å². The summed E-state index contributed by atoms with van der Waals surface area (Å²) in [4.78, 5) is 11.9. The normalized spacial score (nSPS) is 12.5. The summed E-state index contributed by atoms with van der Waals surface area (Å²) in [6, 6.07) is 2.46. The van der Waals surface area contributed by atoms with Crippen molar-refractivity contribution in [2.24, 2.45) is 0 Å². The molecule has 16 heavy (non-hydrogen) atoms. The van der Waals surface area contributed by atoms with Crippen LogP contribution in [0.25, 0.3) is 0 Å². The van der Waals surface area contributed by atoms with E-state index in [1.807, 2.05) is 13.8 Å². The van der Waals surface area contributed by atoms with Crippen molar-refractivity contribution in [3.63, 3.8) is 0 Å². The van der Waals surface area contributed by atoms with Gasteiger partial charge in [-0.1, -0.05) is 13.8 Å². The summed E-state index contributed by atoms with van der Waals surface area (Å²) in [7, 11) is 0. The Bertz CT molecular complexity index is 379. The molecular formula is C12H15F2NO. The van der Waals surface area contributed by atoms with Gasteiger partial charge in [-0.3, -0.25) is 4.79 Å². The molecule has 0 aliphatic heterocycles. The topological polar surface area (TPSA) is 29.1 Å². The van der Waals surface area contributed by atoms with Gasteiger partial charge in [-0.2, -0.15) is 0 Å². The van der Waals surface area contributed by atoms with E-state index >= 15 is 0 Å². The first kappa shape index (κ1) is 12.8. The van der Waals surface area contributed by atoms with E-state index in [0.717, 1.165) is 18.2 Å². The quantitative estimate of drug-likeness (QED) is 0.783. The second-order valence-corrected chi connectivity index (χ2v) is 3.51. The zero-order valence-electron chi connectivity index (χ0n) is 9.39. The van der Waals surface area contributed by atoms with Crippen molar-refractivity contribution in [3.8, 4) is 0 Å². The van der Waals surface area contributed by atoms with Crippen LogP contribution in [0.1, 0.15) is 30.6 Å². The second-order valence-electron chi connectivity index (χ2n) is 3.51. The number of hydrogen-bond acceptors (Lipinski definition) is 2. The fourth-order valence-corrected chi connectivity index (χ4v) is 1.54. The van der Waals surface area contributed by atoms with Crippen molar-refractivity contribution in [1.82, 2.24) is 5.32 Å². The molecule has 1 unspecified atom stereocenters. The molecular weight excluding hydrogens is 212 g/mol. The van der Waals surface area contributed by atoms with Crippen molar-refractivity contribution in [1.29, 1.82) is 0 Å². The van der Waals surface area contributed by atoms with E-state index in [2.05, 4.69) is 5.32 Å². The molecule has 88 valence electrons. The molecule has 0 bridgehead atoms. The maximum atomic E-state index is 13.3. The van der Waals surface area contributed by atoms with E-state index in [1.165, 1.54) is 0 Å². The van der Waals surface area contributed by atoms with Gasteiger partial charge in [0.1, 0.15) is 11.6 Å². The van der Waals surface area contributed by atoms with Gasteiger partial charge in [-0.05, 0) is 31.2 Å². The minimum absolute atomic E-state index is 0.187. The molecule has 4 heteroatoms. The molecule has 0 aliphatic carbocycles. The Hall–Kier alpha value is -1.29. The molecule has 1 atom stereocenters. The highest BCUT2D eigenvalue weighted by Crippen LogP contribution is 2.13. The molecule has 0 fully saturated rings. The summed E-state index contributed by atoms with van der Waals surface area (Å²) in [5.41, 5.74) is -0.187. The standard InChI is InChI=1S/C12H15F2NO/c1-3-11(15-4-2)12(16)9-7-8(13)5-6-10(9)14/h5-7,11,15H,3-4H2,1-2H3. The summed E-state index contributed by atoms with van der Waals surface area (Å²) < 4.78 is 26.3. The first-order valence-electron chi connectivity index (χ1n) is 5.32. The van der Waals surface area contributed by atoms with Crippen LogP contribution in [0.5, 0.6) is 0 Å². The molecule has 0 radical (unpaired) electrons. The number of carbonyl (C=O) groups is 1. The lowest BCUT2D eigenvalue weighted by molar-refractivity contribution is 0.0937. The molecule has 0 aliphatic rings. The van der Waals surface area contributed by atoms with Crippen LogP contribution in [0.15, 0.2) is 18.2 Å². The summed E-state index contributed by atoms with van der Waals surface area (Å²) in [5, 5.41) is 2.94. The van der Waals surface area contributed by atoms with Gasteiger partial charge in [0.25, 0.3) is 0 Å². The second kappa shape index (κ2) is 5.70. The highest BCUT2D eigenvalue weighted by Gasteiger charge is 2.20. The third-order valence-electron chi connectivity index (χ3n) is 2.37. The Balaban J connectivity index is 2.98. The zero-order valence-corrected chi connectivity index (χ0v) is 9.39. The summed E-state index contributed by atoms with van der Waals surface area (Å²) in [6.07, 6.45) is 0.544. The average Bonchev–Trinajstić information content (AvgIpc) is 2.28. The van der Waals surface area contributed by atoms with Crippen LogP contribution in [-0.2, 0) is 0 Å².